The van der Waals surface area contributed by atoms with Crippen LogP contribution in [0.25, 0.3) is 0 Å². The van der Waals surface area contributed by atoms with E-state index in [9.17, 15) is 4.79 Å². The summed E-state index contributed by atoms with van der Waals surface area (Å²) in [6.45, 7) is 3.30. The number of hydrogen-bond donors (Lipinski definition) is 1. The summed E-state index contributed by atoms with van der Waals surface area (Å²) >= 11 is 3.35. The first-order valence-corrected chi connectivity index (χ1v) is 6.38. The van der Waals surface area contributed by atoms with Gasteiger partial charge in [0.15, 0.2) is 11.9 Å². The van der Waals surface area contributed by atoms with E-state index in [1.54, 1.807) is 19.9 Å². The van der Waals surface area contributed by atoms with E-state index in [1.165, 1.54) is 0 Å². The van der Waals surface area contributed by atoms with Gasteiger partial charge in [0.2, 0.25) is 0 Å². The van der Waals surface area contributed by atoms with Gasteiger partial charge in [0.25, 0.3) is 5.91 Å². The maximum absolute atomic E-state index is 11.9. The second-order valence-electron chi connectivity index (χ2n) is 3.83. The molecule has 6 nitrogen and oxygen atoms in total. The summed E-state index contributed by atoms with van der Waals surface area (Å²) < 4.78 is 11.1. The fraction of sp³-hybridized carbons (Fsp3) is 0.250. The van der Waals surface area contributed by atoms with Gasteiger partial charge in [-0.1, -0.05) is 17.3 Å². The maximum Gasteiger partial charge on any atom is 0.328 e. The Morgan fingerprint density at radius 3 is 2.84 bits per heavy atom. The number of carbonyl (C=O) groups excluding carboxylic acids is 1. The smallest absolute Gasteiger partial charge is 0.328 e. The molecule has 100 valence electrons. The van der Waals surface area contributed by atoms with Crippen LogP contribution < -0.4 is 10.1 Å². The second kappa shape index (κ2) is 5.83. The molecule has 2 rings (SSSR count). The number of aromatic nitrogens is 2. The molecule has 1 amide bonds. The van der Waals surface area contributed by atoms with Crippen LogP contribution in [-0.4, -0.2) is 22.2 Å². The topological polar surface area (TPSA) is 77.2 Å². The maximum atomic E-state index is 11.9. The number of nitrogens with one attached hydrogen (secondary N) is 1. The standard InChI is InChI=1S/C12H12BrN3O3/c1-7(18-10-6-4-3-5-9(10)13)11(17)15-12-14-8(2)16-19-12/h3-7H,1-2H3,(H,14,15,16,17)/t7-/m0/s1. The number of anilines is 1. The van der Waals surface area contributed by atoms with E-state index < -0.39 is 6.10 Å². The molecule has 0 aliphatic heterocycles. The lowest BCUT2D eigenvalue weighted by Crippen LogP contribution is -2.30. The molecule has 1 aromatic heterocycles. The molecule has 7 heteroatoms. The SMILES string of the molecule is Cc1noc(NC(=O)[C@H](C)Oc2ccccc2Br)n1. The van der Waals surface area contributed by atoms with Crippen LogP contribution in [0.5, 0.6) is 5.75 Å². The van der Waals surface area contributed by atoms with Gasteiger partial charge in [-0.05, 0) is 41.9 Å². The van der Waals surface area contributed by atoms with Crippen molar-refractivity contribution in [3.8, 4) is 5.75 Å². The molecule has 19 heavy (non-hydrogen) atoms. The number of rotatable bonds is 4. The molecule has 0 radical (unpaired) electrons. The number of halogens is 1. The third-order valence-corrected chi connectivity index (χ3v) is 2.92. The molecule has 0 saturated carbocycles. The number of ether oxygens (including phenoxy) is 1. The van der Waals surface area contributed by atoms with Gasteiger partial charge in [-0.15, -0.1) is 0 Å². The normalized spacial score (nSPS) is 11.9. The average Bonchev–Trinajstić information content (AvgIpc) is 2.77. The average molecular weight is 326 g/mol. The zero-order valence-corrected chi connectivity index (χ0v) is 12.0. The molecule has 0 unspecified atom stereocenters. The summed E-state index contributed by atoms with van der Waals surface area (Å²) in [4.78, 5) is 15.7. The van der Waals surface area contributed by atoms with Crippen molar-refractivity contribution in [3.63, 3.8) is 0 Å². The first-order valence-electron chi connectivity index (χ1n) is 5.58. The van der Waals surface area contributed by atoms with Gasteiger partial charge in [0.1, 0.15) is 5.75 Å². The second-order valence-corrected chi connectivity index (χ2v) is 4.68. The molecular formula is C12H12BrN3O3. The van der Waals surface area contributed by atoms with Crippen LogP contribution in [0, 0.1) is 6.92 Å². The van der Waals surface area contributed by atoms with Crippen molar-refractivity contribution in [1.82, 2.24) is 10.1 Å². The van der Waals surface area contributed by atoms with E-state index in [0.717, 1.165) is 4.47 Å². The Morgan fingerprint density at radius 1 is 1.47 bits per heavy atom. The molecule has 0 bridgehead atoms. The van der Waals surface area contributed by atoms with Crippen LogP contribution in [0.3, 0.4) is 0 Å². The first kappa shape index (κ1) is 13.5. The number of aryl methyl sites for hydroxylation is 1. The van der Waals surface area contributed by atoms with E-state index in [-0.39, 0.29) is 11.9 Å². The van der Waals surface area contributed by atoms with Gasteiger partial charge < -0.3 is 9.26 Å². The van der Waals surface area contributed by atoms with Crippen molar-refractivity contribution < 1.29 is 14.1 Å². The number of hydrogen-bond acceptors (Lipinski definition) is 5. The molecule has 1 N–H and O–H groups in total. The van der Waals surface area contributed by atoms with Crippen molar-refractivity contribution in [2.75, 3.05) is 5.32 Å². The van der Waals surface area contributed by atoms with Crippen LogP contribution in [0.1, 0.15) is 12.7 Å². The molecule has 0 aliphatic rings. The summed E-state index contributed by atoms with van der Waals surface area (Å²) in [5.41, 5.74) is 0. The quantitative estimate of drug-likeness (QED) is 0.934. The fourth-order valence-electron chi connectivity index (χ4n) is 1.34. The first-order chi connectivity index (χ1) is 9.06. The molecule has 2 aromatic rings. The highest BCUT2D eigenvalue weighted by molar-refractivity contribution is 9.10. The zero-order chi connectivity index (χ0) is 13.8. The minimum atomic E-state index is -0.689. The van der Waals surface area contributed by atoms with Gasteiger partial charge in [0, 0.05) is 0 Å². The Morgan fingerprint density at radius 2 is 2.21 bits per heavy atom. The van der Waals surface area contributed by atoms with E-state index in [0.29, 0.717) is 11.6 Å². The summed E-state index contributed by atoms with van der Waals surface area (Å²) in [5.74, 6) is 0.681. The molecule has 0 saturated heterocycles. The lowest BCUT2D eigenvalue weighted by Gasteiger charge is -2.14. The minimum Gasteiger partial charge on any atom is -0.480 e. The molecular weight excluding hydrogens is 314 g/mol. The predicted octanol–water partition coefficient (Wildman–Crippen LogP) is 2.55. The van der Waals surface area contributed by atoms with Crippen molar-refractivity contribution in [2.45, 2.75) is 20.0 Å². The Bertz CT molecular complexity index is 585. The molecule has 1 heterocycles. The highest BCUT2D eigenvalue weighted by Gasteiger charge is 2.18. The Kier molecular flexibility index (Phi) is 4.16. The van der Waals surface area contributed by atoms with Gasteiger partial charge >= 0.3 is 6.01 Å². The van der Waals surface area contributed by atoms with Gasteiger partial charge in [-0.25, -0.2) is 0 Å². The van der Waals surface area contributed by atoms with Crippen molar-refractivity contribution in [3.05, 3.63) is 34.6 Å². The summed E-state index contributed by atoms with van der Waals surface area (Å²) in [6, 6.07) is 7.35. The molecule has 0 spiro atoms. The van der Waals surface area contributed by atoms with Gasteiger partial charge in [-0.3, -0.25) is 10.1 Å². The highest BCUT2D eigenvalue weighted by atomic mass is 79.9. The summed E-state index contributed by atoms with van der Waals surface area (Å²) in [5, 5.41) is 6.06. The van der Waals surface area contributed by atoms with Crippen molar-refractivity contribution in [2.24, 2.45) is 0 Å². The van der Waals surface area contributed by atoms with E-state index >= 15 is 0 Å². The number of para-hydroxylation sites is 1. The third-order valence-electron chi connectivity index (χ3n) is 2.27. The lowest BCUT2D eigenvalue weighted by molar-refractivity contribution is -0.122. The molecule has 0 fully saturated rings. The van der Waals surface area contributed by atoms with Gasteiger partial charge in [-0.2, -0.15) is 4.98 Å². The van der Waals surface area contributed by atoms with Gasteiger partial charge in [0.05, 0.1) is 4.47 Å². The monoisotopic (exact) mass is 325 g/mol. The minimum absolute atomic E-state index is 0.0603. The van der Waals surface area contributed by atoms with Crippen LogP contribution >= 0.6 is 15.9 Å². The van der Waals surface area contributed by atoms with E-state index in [2.05, 4.69) is 31.4 Å². The van der Waals surface area contributed by atoms with E-state index in [1.807, 2.05) is 18.2 Å². The van der Waals surface area contributed by atoms with Crippen LogP contribution in [0.4, 0.5) is 6.01 Å². The number of benzene rings is 1. The van der Waals surface area contributed by atoms with Crippen molar-refractivity contribution >= 4 is 27.9 Å². The molecule has 0 aliphatic carbocycles. The molecule has 1 atom stereocenters. The van der Waals surface area contributed by atoms with Crippen molar-refractivity contribution in [1.29, 1.82) is 0 Å². The largest absolute Gasteiger partial charge is 0.480 e. The summed E-state index contributed by atoms with van der Waals surface area (Å²) in [6.07, 6.45) is -0.689. The summed E-state index contributed by atoms with van der Waals surface area (Å²) in [7, 11) is 0. The lowest BCUT2D eigenvalue weighted by atomic mass is 10.3. The highest BCUT2D eigenvalue weighted by Crippen LogP contribution is 2.24. The number of nitrogens with zero attached hydrogens (tertiary/aromatic N) is 2. The van der Waals surface area contributed by atoms with Crippen LogP contribution in [0.2, 0.25) is 0 Å². The van der Waals surface area contributed by atoms with Crippen LogP contribution in [-0.2, 0) is 4.79 Å². The zero-order valence-electron chi connectivity index (χ0n) is 10.4. The van der Waals surface area contributed by atoms with Crippen LogP contribution in [0.15, 0.2) is 33.3 Å². The Hall–Kier alpha value is -1.89. The Labute approximate surface area is 118 Å². The third kappa shape index (κ3) is 3.54. The number of amides is 1. The van der Waals surface area contributed by atoms with E-state index in [4.69, 9.17) is 9.26 Å². The fourth-order valence-corrected chi connectivity index (χ4v) is 1.72. The number of carbonyl (C=O) groups is 1. The Balaban J connectivity index is 1.98. The predicted molar refractivity (Wildman–Crippen MR) is 71.9 cm³/mol. The molecule has 1 aromatic carbocycles.